The zero-order valence-electron chi connectivity index (χ0n) is 14.8. The first kappa shape index (κ1) is 19.7. The van der Waals surface area contributed by atoms with Crippen molar-refractivity contribution >= 4 is 11.9 Å². The average molecular weight is 421 g/mol. The fourth-order valence-electron chi connectivity index (χ4n) is 3.70. The lowest BCUT2D eigenvalue weighted by Gasteiger charge is -2.48. The fourth-order valence-corrected chi connectivity index (χ4v) is 3.70. The molecule has 4 N–H and O–H groups in total. The molecule has 2 saturated carbocycles. The summed E-state index contributed by atoms with van der Waals surface area (Å²) < 4.78 is 79.6. The third-order valence-corrected chi connectivity index (χ3v) is 5.18. The molecule has 2 heterocycles. The molecule has 29 heavy (non-hydrogen) atoms. The molecule has 0 spiro atoms. The number of aromatic nitrogens is 2. The van der Waals surface area contributed by atoms with Crippen LogP contribution in [0, 0.1) is 5.92 Å². The maximum absolute atomic E-state index is 13.6. The van der Waals surface area contributed by atoms with Crippen molar-refractivity contribution in [2.45, 2.75) is 55.7 Å². The van der Waals surface area contributed by atoms with Crippen molar-refractivity contribution < 1.29 is 26.3 Å². The van der Waals surface area contributed by atoms with Crippen LogP contribution in [0.5, 0.6) is 0 Å². The molecule has 0 amide bonds. The highest BCUT2D eigenvalue weighted by Crippen LogP contribution is 2.51. The monoisotopic (exact) mass is 421 g/mol. The normalized spacial score (nSPS) is 30.2. The van der Waals surface area contributed by atoms with Crippen LogP contribution in [0.15, 0.2) is 22.4 Å². The highest BCUT2D eigenvalue weighted by Gasteiger charge is 2.58. The molecule has 1 atom stereocenters. The van der Waals surface area contributed by atoms with E-state index < -0.39 is 67.3 Å². The summed E-state index contributed by atoms with van der Waals surface area (Å²) in [5.41, 5.74) is 3.29. The highest BCUT2D eigenvalue weighted by atomic mass is 19.3. The standard InChI is InChI=1S/C16H17F6N7/c17-11(18)9-5-24-6-10(26-9)16(7-1-14(19,20)2-7)28-12(23)27-13(29-16)25-8-3-15(21,22)4-8/h5-8,11H,1-4H2,(H4,23,25,27,28,29). The molecular weight excluding hydrogens is 404 g/mol. The number of guanidine groups is 2. The molecular formula is C16H17F6N7. The van der Waals surface area contributed by atoms with Gasteiger partial charge in [0, 0.05) is 31.6 Å². The van der Waals surface area contributed by atoms with Crippen molar-refractivity contribution in [3.05, 3.63) is 23.8 Å². The van der Waals surface area contributed by atoms with Crippen LogP contribution in [-0.4, -0.2) is 39.8 Å². The first-order valence-corrected chi connectivity index (χ1v) is 8.83. The zero-order valence-corrected chi connectivity index (χ0v) is 14.8. The number of nitrogens with one attached hydrogen (secondary N) is 2. The third-order valence-electron chi connectivity index (χ3n) is 5.18. The molecule has 158 valence electrons. The van der Waals surface area contributed by atoms with Gasteiger partial charge >= 0.3 is 0 Å². The minimum absolute atomic E-state index is 0.0579. The summed E-state index contributed by atoms with van der Waals surface area (Å²) in [5.74, 6) is -6.90. The molecule has 7 nitrogen and oxygen atoms in total. The first-order valence-electron chi connectivity index (χ1n) is 8.83. The third kappa shape index (κ3) is 3.69. The summed E-state index contributed by atoms with van der Waals surface area (Å²) in [6.07, 6.45) is -3.06. The minimum atomic E-state index is -2.95. The van der Waals surface area contributed by atoms with Crippen molar-refractivity contribution in [3.63, 3.8) is 0 Å². The topological polar surface area (TPSA) is 101 Å². The Kier molecular flexibility index (Phi) is 4.39. The van der Waals surface area contributed by atoms with Crippen LogP contribution >= 0.6 is 0 Å². The smallest absolute Gasteiger partial charge is 0.281 e. The Labute approximate surface area is 160 Å². The van der Waals surface area contributed by atoms with Gasteiger partial charge in [0.05, 0.1) is 18.4 Å². The van der Waals surface area contributed by atoms with Crippen LogP contribution in [0.4, 0.5) is 26.3 Å². The lowest BCUT2D eigenvalue weighted by Crippen LogP contribution is -2.65. The van der Waals surface area contributed by atoms with E-state index in [-0.39, 0.29) is 17.6 Å². The van der Waals surface area contributed by atoms with Gasteiger partial charge in [-0.15, -0.1) is 0 Å². The van der Waals surface area contributed by atoms with Crippen LogP contribution in [-0.2, 0) is 5.66 Å². The van der Waals surface area contributed by atoms with Gasteiger partial charge in [0.15, 0.2) is 11.6 Å². The van der Waals surface area contributed by atoms with Gasteiger partial charge in [-0.2, -0.15) is 0 Å². The highest BCUT2D eigenvalue weighted by molar-refractivity contribution is 6.00. The van der Waals surface area contributed by atoms with Crippen molar-refractivity contribution in [1.82, 2.24) is 20.6 Å². The van der Waals surface area contributed by atoms with E-state index in [0.29, 0.717) is 0 Å². The maximum atomic E-state index is 13.6. The Bertz CT molecular complexity index is 857. The number of nitrogens with two attached hydrogens (primary N) is 1. The summed E-state index contributed by atoms with van der Waals surface area (Å²) in [5, 5.41) is 5.36. The lowest BCUT2D eigenvalue weighted by molar-refractivity contribution is -0.135. The Morgan fingerprint density at radius 1 is 1.07 bits per heavy atom. The number of aliphatic imine (C=N–C) groups is 2. The Hall–Kier alpha value is -2.60. The van der Waals surface area contributed by atoms with Gasteiger partial charge in [-0.1, -0.05) is 0 Å². The number of hydrogen-bond donors (Lipinski definition) is 3. The van der Waals surface area contributed by atoms with Crippen LogP contribution in [0.1, 0.15) is 43.5 Å². The van der Waals surface area contributed by atoms with Crippen LogP contribution in [0.25, 0.3) is 0 Å². The van der Waals surface area contributed by atoms with Crippen molar-refractivity contribution in [3.8, 4) is 0 Å². The SMILES string of the molecule is NC1=NC(c2cncc(C(F)F)n2)(C2CC(F)(F)C2)NC(=NC2CC(F)(F)C2)N1. The molecule has 13 heteroatoms. The number of rotatable bonds is 4. The summed E-state index contributed by atoms with van der Waals surface area (Å²) in [6.45, 7) is 0. The number of alkyl halides is 6. The van der Waals surface area contributed by atoms with Crippen LogP contribution in [0.3, 0.4) is 0 Å². The molecule has 0 bridgehead atoms. The molecule has 0 radical (unpaired) electrons. The minimum Gasteiger partial charge on any atom is -0.370 e. The maximum Gasteiger partial charge on any atom is 0.281 e. The van der Waals surface area contributed by atoms with E-state index in [0.717, 1.165) is 12.4 Å². The van der Waals surface area contributed by atoms with E-state index >= 15 is 0 Å². The quantitative estimate of drug-likeness (QED) is 0.648. The van der Waals surface area contributed by atoms with Gasteiger partial charge < -0.3 is 11.1 Å². The molecule has 2 aliphatic carbocycles. The Morgan fingerprint density at radius 3 is 2.31 bits per heavy atom. The van der Waals surface area contributed by atoms with Crippen LogP contribution < -0.4 is 16.4 Å². The van der Waals surface area contributed by atoms with Gasteiger partial charge in [-0.05, 0) is 0 Å². The summed E-state index contributed by atoms with van der Waals surface area (Å²) >= 11 is 0. The van der Waals surface area contributed by atoms with E-state index in [1.54, 1.807) is 0 Å². The molecule has 0 saturated heterocycles. The molecule has 2 fully saturated rings. The molecule has 4 rings (SSSR count). The lowest BCUT2D eigenvalue weighted by atomic mass is 9.71. The molecule has 1 aromatic heterocycles. The van der Waals surface area contributed by atoms with Crippen LogP contribution in [0.2, 0.25) is 0 Å². The van der Waals surface area contributed by atoms with Gasteiger partial charge in [0.1, 0.15) is 11.4 Å². The Balaban J connectivity index is 1.71. The van der Waals surface area contributed by atoms with Gasteiger partial charge in [-0.25, -0.2) is 41.3 Å². The van der Waals surface area contributed by atoms with Gasteiger partial charge in [0.25, 0.3) is 12.3 Å². The van der Waals surface area contributed by atoms with Gasteiger partial charge in [-0.3, -0.25) is 10.3 Å². The fraction of sp³-hybridized carbons (Fsp3) is 0.625. The molecule has 1 aliphatic heterocycles. The van der Waals surface area contributed by atoms with E-state index in [4.69, 9.17) is 5.73 Å². The van der Waals surface area contributed by atoms with Gasteiger partial charge in [0.2, 0.25) is 11.9 Å². The summed E-state index contributed by atoms with van der Waals surface area (Å²) in [7, 11) is 0. The zero-order chi connectivity index (χ0) is 21.0. The largest absolute Gasteiger partial charge is 0.370 e. The van der Waals surface area contributed by atoms with Crippen molar-refractivity contribution in [2.24, 2.45) is 21.6 Å². The van der Waals surface area contributed by atoms with E-state index in [9.17, 15) is 26.3 Å². The summed E-state index contributed by atoms with van der Waals surface area (Å²) in [6, 6.07) is -0.704. The molecule has 1 aromatic rings. The second kappa shape index (κ2) is 6.46. The van der Waals surface area contributed by atoms with Crippen molar-refractivity contribution in [2.75, 3.05) is 0 Å². The van der Waals surface area contributed by atoms with E-state index in [1.165, 1.54) is 0 Å². The average Bonchev–Trinajstić information content (AvgIpc) is 2.57. The van der Waals surface area contributed by atoms with Crippen molar-refractivity contribution in [1.29, 1.82) is 0 Å². The Morgan fingerprint density at radius 2 is 1.72 bits per heavy atom. The first-order chi connectivity index (χ1) is 13.5. The second-order valence-corrected chi connectivity index (χ2v) is 7.50. The van der Waals surface area contributed by atoms with E-state index in [2.05, 4.69) is 30.6 Å². The summed E-state index contributed by atoms with van der Waals surface area (Å²) in [4.78, 5) is 15.8. The second-order valence-electron chi connectivity index (χ2n) is 7.50. The number of hydrogen-bond acceptors (Lipinski definition) is 5. The molecule has 3 aliphatic rings. The van der Waals surface area contributed by atoms with E-state index in [1.807, 2.05) is 0 Å². The number of halogens is 6. The predicted molar refractivity (Wildman–Crippen MR) is 89.6 cm³/mol. The molecule has 1 unspecified atom stereocenters. The number of nitrogens with zero attached hydrogens (tertiary/aromatic N) is 4. The molecule has 0 aromatic carbocycles. The predicted octanol–water partition coefficient (Wildman–Crippen LogP) is 2.27.